The Morgan fingerprint density at radius 1 is 1.57 bits per heavy atom. The molecule has 2 heterocycles. The van der Waals surface area contributed by atoms with E-state index in [2.05, 4.69) is 20.6 Å². The van der Waals surface area contributed by atoms with E-state index in [-0.39, 0.29) is 5.91 Å². The fraction of sp³-hybridized carbons (Fsp3) is 0.429. The molecule has 6 nitrogen and oxygen atoms in total. The van der Waals surface area contributed by atoms with Crippen LogP contribution in [-0.2, 0) is 4.79 Å². The summed E-state index contributed by atoms with van der Waals surface area (Å²) in [6, 6.07) is 0. The van der Waals surface area contributed by atoms with Crippen LogP contribution in [0.4, 0.5) is 0 Å². The summed E-state index contributed by atoms with van der Waals surface area (Å²) in [6.07, 6.45) is 2.96. The van der Waals surface area contributed by atoms with Gasteiger partial charge in [-0.25, -0.2) is 10.4 Å². The summed E-state index contributed by atoms with van der Waals surface area (Å²) in [4.78, 5) is 15.2. The second kappa shape index (κ2) is 3.09. The fourth-order valence-corrected chi connectivity index (χ4v) is 1.81. The highest BCUT2D eigenvalue weighted by Gasteiger charge is 2.34. The Bertz CT molecular complexity index is 383. The van der Waals surface area contributed by atoms with Gasteiger partial charge in [-0.3, -0.25) is 4.79 Å². The maximum atomic E-state index is 11.3. The minimum absolute atomic E-state index is 0.105. The lowest BCUT2D eigenvalue weighted by Crippen LogP contribution is -2.43. The van der Waals surface area contributed by atoms with Crippen molar-refractivity contribution in [2.45, 2.75) is 18.6 Å². The largest absolute Gasteiger partial charge is 0.272 e. The summed E-state index contributed by atoms with van der Waals surface area (Å²) in [5.74, 6) is -0.105. The van der Waals surface area contributed by atoms with Crippen molar-refractivity contribution in [1.82, 2.24) is 20.2 Å². The molecule has 0 radical (unpaired) electrons. The molecular weight excluding hydrogens is 202 g/mol. The highest BCUT2D eigenvalue weighted by atomic mass is 32.2. The van der Waals surface area contributed by atoms with Crippen LogP contribution in [0.15, 0.2) is 17.8 Å². The van der Waals surface area contributed by atoms with Crippen molar-refractivity contribution in [2.75, 3.05) is 0 Å². The first kappa shape index (κ1) is 9.20. The Balaban J connectivity index is 2.29. The van der Waals surface area contributed by atoms with Crippen molar-refractivity contribution in [3.05, 3.63) is 12.7 Å². The zero-order valence-corrected chi connectivity index (χ0v) is 8.58. The van der Waals surface area contributed by atoms with Gasteiger partial charge < -0.3 is 0 Å². The number of hydrazone groups is 1. The van der Waals surface area contributed by atoms with Crippen LogP contribution in [0.3, 0.4) is 0 Å². The summed E-state index contributed by atoms with van der Waals surface area (Å²) in [7, 11) is 0. The number of hydrogen-bond donors (Lipinski definition) is 1. The maximum Gasteiger partial charge on any atom is 0.256 e. The zero-order valence-electron chi connectivity index (χ0n) is 7.76. The molecule has 0 fully saturated rings. The topological polar surface area (TPSA) is 72.2 Å². The summed E-state index contributed by atoms with van der Waals surface area (Å²) >= 11 is 1.35. The average Bonchev–Trinajstić information content (AvgIpc) is 2.62. The van der Waals surface area contributed by atoms with E-state index in [4.69, 9.17) is 0 Å². The molecular formula is C7H9N5OS. The fourth-order valence-electron chi connectivity index (χ4n) is 0.936. The monoisotopic (exact) mass is 211 g/mol. The van der Waals surface area contributed by atoms with Gasteiger partial charge in [0.15, 0.2) is 0 Å². The van der Waals surface area contributed by atoms with Crippen molar-refractivity contribution in [2.24, 2.45) is 5.10 Å². The van der Waals surface area contributed by atoms with Crippen LogP contribution in [0.5, 0.6) is 0 Å². The average molecular weight is 211 g/mol. The van der Waals surface area contributed by atoms with E-state index >= 15 is 0 Å². The first-order valence-electron chi connectivity index (χ1n) is 4.02. The third-order valence-corrected chi connectivity index (χ3v) is 2.92. The SMILES string of the molecule is CC1(C)SC(n2cncn2)=NNC1=O. The molecule has 1 aromatic rings. The number of nitrogens with zero attached hydrogens (tertiary/aromatic N) is 4. The minimum Gasteiger partial charge on any atom is -0.272 e. The van der Waals surface area contributed by atoms with Gasteiger partial charge in [-0.15, -0.1) is 5.10 Å². The second-order valence-corrected chi connectivity index (χ2v) is 4.88. The van der Waals surface area contributed by atoms with Gasteiger partial charge in [0.2, 0.25) is 5.17 Å². The molecule has 0 saturated heterocycles. The van der Waals surface area contributed by atoms with E-state index in [9.17, 15) is 4.79 Å². The molecule has 2 rings (SSSR count). The van der Waals surface area contributed by atoms with Crippen molar-refractivity contribution in [3.63, 3.8) is 0 Å². The molecule has 0 unspecified atom stereocenters. The molecule has 0 aromatic carbocycles. The van der Waals surface area contributed by atoms with Crippen molar-refractivity contribution < 1.29 is 4.79 Å². The zero-order chi connectivity index (χ0) is 10.2. The molecule has 0 atom stereocenters. The summed E-state index contributed by atoms with van der Waals surface area (Å²) < 4.78 is 0.995. The van der Waals surface area contributed by atoms with Crippen molar-refractivity contribution >= 4 is 22.8 Å². The Morgan fingerprint density at radius 3 is 2.93 bits per heavy atom. The van der Waals surface area contributed by atoms with Crippen LogP contribution < -0.4 is 5.43 Å². The van der Waals surface area contributed by atoms with E-state index < -0.39 is 4.75 Å². The molecule has 0 saturated carbocycles. The van der Waals surface area contributed by atoms with Crippen LogP contribution in [-0.4, -0.2) is 30.6 Å². The molecule has 1 aromatic heterocycles. The Morgan fingerprint density at radius 2 is 2.36 bits per heavy atom. The molecule has 1 aliphatic heterocycles. The molecule has 1 aliphatic rings. The third kappa shape index (κ3) is 1.50. The molecule has 0 spiro atoms. The number of carbonyl (C=O) groups is 1. The molecule has 0 aliphatic carbocycles. The van der Waals surface area contributed by atoms with Gasteiger partial charge in [0.25, 0.3) is 5.91 Å². The minimum atomic E-state index is -0.525. The van der Waals surface area contributed by atoms with Gasteiger partial charge in [-0.1, -0.05) is 11.8 Å². The Kier molecular flexibility index (Phi) is 2.03. The van der Waals surface area contributed by atoms with Gasteiger partial charge >= 0.3 is 0 Å². The van der Waals surface area contributed by atoms with Crippen molar-refractivity contribution in [3.8, 4) is 0 Å². The maximum absolute atomic E-state index is 11.3. The summed E-state index contributed by atoms with van der Waals surface area (Å²) in [6.45, 7) is 3.66. The van der Waals surface area contributed by atoms with Gasteiger partial charge in [-0.2, -0.15) is 9.78 Å². The highest BCUT2D eigenvalue weighted by molar-refractivity contribution is 8.15. The molecule has 0 bridgehead atoms. The van der Waals surface area contributed by atoms with Crippen LogP contribution in [0.1, 0.15) is 13.8 Å². The molecule has 7 heteroatoms. The standard InChI is InChI=1S/C7H9N5OS/c1-7(2)5(13)10-11-6(14-7)12-4-8-3-9-12/h3-4H,1-2H3,(H,10,13). The first-order chi connectivity index (χ1) is 6.59. The second-order valence-electron chi connectivity index (χ2n) is 3.29. The first-order valence-corrected chi connectivity index (χ1v) is 4.83. The lowest BCUT2D eigenvalue weighted by molar-refractivity contribution is -0.122. The van der Waals surface area contributed by atoms with Crippen LogP contribution >= 0.6 is 11.8 Å². The highest BCUT2D eigenvalue weighted by Crippen LogP contribution is 2.28. The van der Waals surface area contributed by atoms with Crippen LogP contribution in [0.25, 0.3) is 0 Å². The molecule has 1 N–H and O–H groups in total. The quantitative estimate of drug-likeness (QED) is 0.657. The number of thioether (sulfide) groups is 1. The van der Waals surface area contributed by atoms with Crippen molar-refractivity contribution in [1.29, 1.82) is 0 Å². The number of hydrogen-bond acceptors (Lipinski definition) is 5. The number of aromatic nitrogens is 3. The van der Waals surface area contributed by atoms with E-state index in [1.165, 1.54) is 22.8 Å². The Hall–Kier alpha value is -1.37. The summed E-state index contributed by atoms with van der Waals surface area (Å²) in [5, 5.41) is 8.44. The molecule has 74 valence electrons. The molecule has 14 heavy (non-hydrogen) atoms. The van der Waals surface area contributed by atoms with Gasteiger partial charge in [0.05, 0.1) is 4.75 Å². The predicted molar refractivity (Wildman–Crippen MR) is 52.7 cm³/mol. The molecule has 1 amide bonds. The number of rotatable bonds is 0. The van der Waals surface area contributed by atoms with Gasteiger partial charge in [0.1, 0.15) is 12.7 Å². The smallest absolute Gasteiger partial charge is 0.256 e. The Labute approximate surface area is 84.8 Å². The van der Waals surface area contributed by atoms with E-state index in [1.54, 1.807) is 6.33 Å². The number of amides is 1. The lowest BCUT2D eigenvalue weighted by Gasteiger charge is -2.25. The van der Waals surface area contributed by atoms with Gasteiger partial charge in [-0.05, 0) is 13.8 Å². The number of nitrogens with one attached hydrogen (secondary N) is 1. The lowest BCUT2D eigenvalue weighted by atomic mass is 10.2. The van der Waals surface area contributed by atoms with E-state index in [0.717, 1.165) is 0 Å². The number of carbonyl (C=O) groups excluding carboxylic acids is 1. The van der Waals surface area contributed by atoms with Gasteiger partial charge in [0, 0.05) is 0 Å². The van der Waals surface area contributed by atoms with Crippen LogP contribution in [0, 0.1) is 0 Å². The predicted octanol–water partition coefficient (Wildman–Crippen LogP) is 0.0388. The van der Waals surface area contributed by atoms with Crippen LogP contribution in [0.2, 0.25) is 0 Å². The van der Waals surface area contributed by atoms with E-state index in [1.807, 2.05) is 13.8 Å². The third-order valence-electron chi connectivity index (χ3n) is 1.76. The summed E-state index contributed by atoms with van der Waals surface area (Å²) in [5.41, 5.74) is 2.45. The normalized spacial score (nSPS) is 20.1. The van der Waals surface area contributed by atoms with E-state index in [0.29, 0.717) is 5.17 Å².